The van der Waals surface area contributed by atoms with Crippen LogP contribution >= 0.6 is 0 Å². The molecule has 0 aromatic carbocycles. The van der Waals surface area contributed by atoms with Crippen LogP contribution in [0.2, 0.25) is 0 Å². The molecule has 2 amide bonds. The van der Waals surface area contributed by atoms with Crippen LogP contribution in [-0.4, -0.2) is 47.4 Å². The number of hydrogen-bond acceptors (Lipinski definition) is 4. The molecule has 1 saturated heterocycles. The van der Waals surface area contributed by atoms with E-state index < -0.39 is 5.41 Å². The van der Waals surface area contributed by atoms with Gasteiger partial charge in [0, 0.05) is 13.1 Å². The van der Waals surface area contributed by atoms with Gasteiger partial charge >= 0.3 is 0 Å². The molecule has 0 bridgehead atoms. The minimum absolute atomic E-state index is 0.0182. The molecule has 0 atom stereocenters. The van der Waals surface area contributed by atoms with E-state index in [-0.39, 0.29) is 24.2 Å². The van der Waals surface area contributed by atoms with Crippen LogP contribution in [0.3, 0.4) is 0 Å². The van der Waals surface area contributed by atoms with E-state index in [1.54, 1.807) is 0 Å². The van der Waals surface area contributed by atoms with E-state index in [4.69, 9.17) is 10.9 Å². The normalized spacial score (nSPS) is 23.9. The predicted molar refractivity (Wildman–Crippen MR) is 73.1 cm³/mol. The smallest absolute Gasteiger partial charge is 0.239 e. The molecule has 2 aliphatic rings. The Morgan fingerprint density at radius 2 is 1.95 bits per heavy atom. The number of amidine groups is 1. The number of nitrogens with two attached hydrogens (primary N) is 1. The second-order valence-electron chi connectivity index (χ2n) is 5.56. The van der Waals surface area contributed by atoms with Crippen molar-refractivity contribution >= 4 is 17.6 Å². The molecule has 0 spiro atoms. The summed E-state index contributed by atoms with van der Waals surface area (Å²) in [5.74, 6) is -0.354. The van der Waals surface area contributed by atoms with Crippen molar-refractivity contribution in [2.45, 2.75) is 38.5 Å². The van der Waals surface area contributed by atoms with E-state index in [0.717, 1.165) is 25.7 Å². The van der Waals surface area contributed by atoms with Gasteiger partial charge in [0.15, 0.2) is 5.84 Å². The highest BCUT2D eigenvalue weighted by atomic mass is 16.4. The van der Waals surface area contributed by atoms with E-state index in [2.05, 4.69) is 10.5 Å². The standard InChI is InChI=1S/C13H22N4O3/c14-11(16-20)13(5-3-1-2-4-6-13)12(19)17-8-7-15-10(18)9-17/h20H,1-9H2,(H2,14,16)(H,15,18). The van der Waals surface area contributed by atoms with Crippen molar-refractivity contribution in [1.29, 1.82) is 0 Å². The molecule has 0 radical (unpaired) electrons. The average molecular weight is 282 g/mol. The molecule has 1 saturated carbocycles. The first-order valence-electron chi connectivity index (χ1n) is 7.14. The van der Waals surface area contributed by atoms with Crippen LogP contribution < -0.4 is 11.1 Å². The van der Waals surface area contributed by atoms with Gasteiger partial charge in [-0.3, -0.25) is 9.59 Å². The number of carbonyl (C=O) groups excluding carboxylic acids is 2. The minimum atomic E-state index is -0.942. The van der Waals surface area contributed by atoms with Crippen LogP contribution in [0, 0.1) is 5.41 Å². The van der Waals surface area contributed by atoms with Crippen molar-refractivity contribution in [2.24, 2.45) is 16.3 Å². The zero-order chi connectivity index (χ0) is 14.6. The summed E-state index contributed by atoms with van der Waals surface area (Å²) >= 11 is 0. The second-order valence-corrected chi connectivity index (χ2v) is 5.56. The second kappa shape index (κ2) is 6.11. The van der Waals surface area contributed by atoms with Crippen molar-refractivity contribution < 1.29 is 14.8 Å². The van der Waals surface area contributed by atoms with Crippen LogP contribution in [0.4, 0.5) is 0 Å². The average Bonchev–Trinajstić information content (AvgIpc) is 2.72. The molecule has 7 heteroatoms. The first kappa shape index (κ1) is 14.6. The van der Waals surface area contributed by atoms with E-state index in [9.17, 15) is 9.59 Å². The van der Waals surface area contributed by atoms with Gasteiger partial charge < -0.3 is 21.2 Å². The van der Waals surface area contributed by atoms with Crippen LogP contribution in [0.5, 0.6) is 0 Å². The van der Waals surface area contributed by atoms with Crippen molar-refractivity contribution in [3.63, 3.8) is 0 Å². The number of piperazine rings is 1. The van der Waals surface area contributed by atoms with Gasteiger partial charge in [-0.25, -0.2) is 0 Å². The molecule has 2 fully saturated rings. The van der Waals surface area contributed by atoms with E-state index in [1.807, 2.05) is 0 Å². The topological polar surface area (TPSA) is 108 Å². The lowest BCUT2D eigenvalue weighted by molar-refractivity contribution is -0.144. The molecule has 0 aromatic rings. The summed E-state index contributed by atoms with van der Waals surface area (Å²) in [7, 11) is 0. The maximum atomic E-state index is 12.8. The summed E-state index contributed by atoms with van der Waals surface area (Å²) in [5, 5.41) is 14.9. The third kappa shape index (κ3) is 2.71. The van der Waals surface area contributed by atoms with Gasteiger partial charge in [0.1, 0.15) is 5.41 Å². The number of carbonyl (C=O) groups is 2. The number of oxime groups is 1. The Labute approximate surface area is 118 Å². The quantitative estimate of drug-likeness (QED) is 0.218. The Balaban J connectivity index is 2.25. The Morgan fingerprint density at radius 1 is 1.30 bits per heavy atom. The maximum absolute atomic E-state index is 12.8. The van der Waals surface area contributed by atoms with Crippen LogP contribution in [0.1, 0.15) is 38.5 Å². The highest BCUT2D eigenvalue weighted by Gasteiger charge is 2.46. The number of nitrogens with zero attached hydrogens (tertiary/aromatic N) is 2. The van der Waals surface area contributed by atoms with E-state index in [0.29, 0.717) is 25.9 Å². The van der Waals surface area contributed by atoms with Crippen LogP contribution in [0.15, 0.2) is 5.16 Å². The summed E-state index contributed by atoms with van der Waals surface area (Å²) in [4.78, 5) is 25.8. The lowest BCUT2D eigenvalue weighted by Crippen LogP contribution is -2.57. The van der Waals surface area contributed by atoms with E-state index >= 15 is 0 Å². The Kier molecular flexibility index (Phi) is 4.46. The van der Waals surface area contributed by atoms with Gasteiger partial charge in [0.05, 0.1) is 6.54 Å². The Bertz CT molecular complexity index is 414. The van der Waals surface area contributed by atoms with E-state index in [1.165, 1.54) is 4.90 Å². The SMILES string of the molecule is NC(=NO)C1(C(=O)N2CCNC(=O)C2)CCCCCC1. The first-order valence-corrected chi connectivity index (χ1v) is 7.14. The Hall–Kier alpha value is -1.79. The number of nitrogens with one attached hydrogen (secondary N) is 1. The summed E-state index contributed by atoms with van der Waals surface area (Å²) in [6.45, 7) is 0.987. The van der Waals surface area contributed by atoms with Crippen molar-refractivity contribution in [1.82, 2.24) is 10.2 Å². The molecule has 112 valence electrons. The van der Waals surface area contributed by atoms with Gasteiger partial charge in [-0.2, -0.15) is 0 Å². The molecule has 1 heterocycles. The molecule has 20 heavy (non-hydrogen) atoms. The van der Waals surface area contributed by atoms with Crippen LogP contribution in [0.25, 0.3) is 0 Å². The third-order valence-corrected chi connectivity index (χ3v) is 4.29. The maximum Gasteiger partial charge on any atom is 0.239 e. The molecular weight excluding hydrogens is 260 g/mol. The summed E-state index contributed by atoms with van der Waals surface area (Å²) < 4.78 is 0. The summed E-state index contributed by atoms with van der Waals surface area (Å²) in [6, 6.07) is 0. The molecular formula is C13H22N4O3. The fraction of sp³-hybridized carbons (Fsp3) is 0.769. The molecule has 1 aliphatic carbocycles. The largest absolute Gasteiger partial charge is 0.409 e. The van der Waals surface area contributed by atoms with Gasteiger partial charge in [-0.1, -0.05) is 30.8 Å². The predicted octanol–water partition coefficient (Wildman–Crippen LogP) is 0.0318. The van der Waals surface area contributed by atoms with Crippen molar-refractivity contribution in [2.75, 3.05) is 19.6 Å². The Morgan fingerprint density at radius 3 is 2.50 bits per heavy atom. The number of amides is 2. The molecule has 7 nitrogen and oxygen atoms in total. The highest BCUT2D eigenvalue weighted by Crippen LogP contribution is 2.37. The minimum Gasteiger partial charge on any atom is -0.409 e. The fourth-order valence-electron chi connectivity index (χ4n) is 3.12. The fourth-order valence-corrected chi connectivity index (χ4v) is 3.12. The molecule has 0 unspecified atom stereocenters. The number of rotatable bonds is 2. The molecule has 0 aromatic heterocycles. The first-order chi connectivity index (χ1) is 9.60. The molecule has 2 rings (SSSR count). The van der Waals surface area contributed by atoms with Gasteiger partial charge in [0.2, 0.25) is 11.8 Å². The lowest BCUT2D eigenvalue weighted by atomic mass is 9.77. The molecule has 1 aliphatic heterocycles. The number of hydrogen-bond donors (Lipinski definition) is 3. The summed E-state index contributed by atoms with van der Waals surface area (Å²) in [6.07, 6.45) is 5.02. The third-order valence-electron chi connectivity index (χ3n) is 4.29. The van der Waals surface area contributed by atoms with Crippen LogP contribution in [-0.2, 0) is 9.59 Å². The van der Waals surface area contributed by atoms with Gasteiger partial charge in [-0.15, -0.1) is 0 Å². The van der Waals surface area contributed by atoms with Crippen molar-refractivity contribution in [3.05, 3.63) is 0 Å². The molecule has 4 N–H and O–H groups in total. The highest BCUT2D eigenvalue weighted by molar-refractivity contribution is 6.07. The van der Waals surface area contributed by atoms with Gasteiger partial charge in [0.25, 0.3) is 0 Å². The zero-order valence-corrected chi connectivity index (χ0v) is 11.6. The monoisotopic (exact) mass is 282 g/mol. The van der Waals surface area contributed by atoms with Gasteiger partial charge in [-0.05, 0) is 12.8 Å². The van der Waals surface area contributed by atoms with Crippen molar-refractivity contribution in [3.8, 4) is 0 Å². The lowest BCUT2D eigenvalue weighted by Gasteiger charge is -2.37. The zero-order valence-electron chi connectivity index (χ0n) is 11.6. The summed E-state index contributed by atoms with van der Waals surface area (Å²) in [5.41, 5.74) is 4.90.